The van der Waals surface area contributed by atoms with Crippen molar-refractivity contribution >= 4 is 17.6 Å². The number of carbonyl (C=O) groups excluding carboxylic acids is 2. The van der Waals surface area contributed by atoms with E-state index in [2.05, 4.69) is 10.4 Å². The standard InChI is InChI=1S/C16H24N4O3/c1-12(21)17-14-6-10-20(18-14)13-5-9-19(11-13)15(22)16(23)7-3-2-4-8-16/h6,10,13,23H,2-5,7-9,11H2,1H3,(H,17,18,21)/t13-/m0/s1. The van der Waals surface area contributed by atoms with Crippen molar-refractivity contribution in [2.45, 2.75) is 57.1 Å². The van der Waals surface area contributed by atoms with Crippen LogP contribution in [0.15, 0.2) is 12.3 Å². The van der Waals surface area contributed by atoms with Gasteiger partial charge in [0.25, 0.3) is 5.91 Å². The van der Waals surface area contributed by atoms with Crippen molar-refractivity contribution < 1.29 is 14.7 Å². The summed E-state index contributed by atoms with van der Waals surface area (Å²) in [7, 11) is 0. The number of likely N-dealkylation sites (tertiary alicyclic amines) is 1. The van der Waals surface area contributed by atoms with E-state index in [0.717, 1.165) is 25.7 Å². The molecule has 1 saturated heterocycles. The first-order valence-corrected chi connectivity index (χ1v) is 8.32. The van der Waals surface area contributed by atoms with Crippen LogP contribution in [-0.4, -0.2) is 50.3 Å². The van der Waals surface area contributed by atoms with Gasteiger partial charge in [0.2, 0.25) is 5.91 Å². The highest BCUT2D eigenvalue weighted by molar-refractivity contribution is 5.87. The van der Waals surface area contributed by atoms with Gasteiger partial charge in [0.1, 0.15) is 5.60 Å². The molecule has 126 valence electrons. The number of rotatable bonds is 3. The molecule has 1 atom stereocenters. The van der Waals surface area contributed by atoms with Crippen LogP contribution in [0, 0.1) is 0 Å². The van der Waals surface area contributed by atoms with Crippen LogP contribution < -0.4 is 5.32 Å². The summed E-state index contributed by atoms with van der Waals surface area (Å²) in [6.07, 6.45) is 6.69. The summed E-state index contributed by atoms with van der Waals surface area (Å²) in [4.78, 5) is 25.5. The molecule has 7 heteroatoms. The average Bonchev–Trinajstić information content (AvgIpc) is 3.15. The molecule has 1 aromatic heterocycles. The second-order valence-electron chi connectivity index (χ2n) is 6.65. The zero-order chi connectivity index (χ0) is 16.4. The monoisotopic (exact) mass is 320 g/mol. The Morgan fingerprint density at radius 1 is 1.35 bits per heavy atom. The molecule has 3 rings (SSSR count). The van der Waals surface area contributed by atoms with Crippen LogP contribution in [0.4, 0.5) is 5.82 Å². The summed E-state index contributed by atoms with van der Waals surface area (Å²) in [6.45, 7) is 2.64. The average molecular weight is 320 g/mol. The van der Waals surface area contributed by atoms with E-state index in [1.54, 1.807) is 15.6 Å². The molecule has 2 amide bonds. The Labute approximate surface area is 135 Å². The lowest BCUT2D eigenvalue weighted by molar-refractivity contribution is -0.153. The van der Waals surface area contributed by atoms with Crippen molar-refractivity contribution in [3.63, 3.8) is 0 Å². The molecule has 1 aliphatic heterocycles. The molecule has 0 aromatic carbocycles. The first-order chi connectivity index (χ1) is 11.0. The number of hydrogen-bond donors (Lipinski definition) is 2. The predicted octanol–water partition coefficient (Wildman–Crippen LogP) is 1.31. The third kappa shape index (κ3) is 3.39. The second kappa shape index (κ2) is 6.31. The van der Waals surface area contributed by atoms with Gasteiger partial charge >= 0.3 is 0 Å². The van der Waals surface area contributed by atoms with Crippen molar-refractivity contribution in [3.8, 4) is 0 Å². The summed E-state index contributed by atoms with van der Waals surface area (Å²) in [6, 6.07) is 1.84. The van der Waals surface area contributed by atoms with Crippen LogP contribution >= 0.6 is 0 Å². The number of nitrogens with zero attached hydrogens (tertiary/aromatic N) is 3. The van der Waals surface area contributed by atoms with Gasteiger partial charge in [-0.3, -0.25) is 14.3 Å². The Hall–Kier alpha value is -1.89. The fourth-order valence-electron chi connectivity index (χ4n) is 3.58. The van der Waals surface area contributed by atoms with Gasteiger partial charge in [-0.05, 0) is 19.3 Å². The molecule has 0 spiro atoms. The van der Waals surface area contributed by atoms with Crippen molar-refractivity contribution in [1.82, 2.24) is 14.7 Å². The van der Waals surface area contributed by atoms with Gasteiger partial charge in [-0.25, -0.2) is 0 Å². The Kier molecular flexibility index (Phi) is 4.39. The van der Waals surface area contributed by atoms with Crippen LogP contribution in [0.3, 0.4) is 0 Å². The highest BCUT2D eigenvalue weighted by Gasteiger charge is 2.42. The van der Waals surface area contributed by atoms with Crippen LogP contribution in [0.1, 0.15) is 51.5 Å². The molecule has 2 aliphatic rings. The number of aliphatic hydroxyl groups is 1. The smallest absolute Gasteiger partial charge is 0.254 e. The van der Waals surface area contributed by atoms with Crippen LogP contribution in [-0.2, 0) is 9.59 Å². The van der Waals surface area contributed by atoms with E-state index in [9.17, 15) is 14.7 Å². The Morgan fingerprint density at radius 3 is 2.78 bits per heavy atom. The maximum absolute atomic E-state index is 12.6. The summed E-state index contributed by atoms with van der Waals surface area (Å²) in [5, 5.41) is 17.6. The second-order valence-corrected chi connectivity index (χ2v) is 6.65. The first-order valence-electron chi connectivity index (χ1n) is 8.32. The van der Waals surface area contributed by atoms with Gasteiger partial charge in [0, 0.05) is 32.3 Å². The van der Waals surface area contributed by atoms with Crippen molar-refractivity contribution in [2.24, 2.45) is 0 Å². The largest absolute Gasteiger partial charge is 0.380 e. The zero-order valence-electron chi connectivity index (χ0n) is 13.5. The summed E-state index contributed by atoms with van der Waals surface area (Å²) in [5.41, 5.74) is -1.17. The fourth-order valence-corrected chi connectivity index (χ4v) is 3.58. The molecule has 2 fully saturated rings. The summed E-state index contributed by atoms with van der Waals surface area (Å²) >= 11 is 0. The lowest BCUT2D eigenvalue weighted by Crippen LogP contribution is -2.49. The minimum Gasteiger partial charge on any atom is -0.380 e. The maximum atomic E-state index is 12.6. The Bertz CT molecular complexity index is 592. The molecule has 1 aromatic rings. The molecule has 1 saturated carbocycles. The molecular weight excluding hydrogens is 296 g/mol. The van der Waals surface area contributed by atoms with E-state index in [1.807, 2.05) is 6.20 Å². The van der Waals surface area contributed by atoms with Crippen molar-refractivity contribution in [2.75, 3.05) is 18.4 Å². The number of anilines is 1. The van der Waals surface area contributed by atoms with E-state index < -0.39 is 5.60 Å². The zero-order valence-corrected chi connectivity index (χ0v) is 13.5. The quantitative estimate of drug-likeness (QED) is 0.879. The van der Waals surface area contributed by atoms with E-state index in [-0.39, 0.29) is 17.9 Å². The van der Waals surface area contributed by atoms with Crippen molar-refractivity contribution in [1.29, 1.82) is 0 Å². The Morgan fingerprint density at radius 2 is 2.09 bits per heavy atom. The normalized spacial score (nSPS) is 23.7. The summed E-state index contributed by atoms with van der Waals surface area (Å²) < 4.78 is 1.80. The molecule has 23 heavy (non-hydrogen) atoms. The SMILES string of the molecule is CC(=O)Nc1ccn([C@H]2CCN(C(=O)C3(O)CCCCC3)C2)n1. The maximum Gasteiger partial charge on any atom is 0.254 e. The van der Waals surface area contributed by atoms with Gasteiger partial charge in [-0.2, -0.15) is 5.10 Å². The molecule has 7 nitrogen and oxygen atoms in total. The first kappa shape index (κ1) is 16.0. The molecule has 0 bridgehead atoms. The van der Waals surface area contributed by atoms with Gasteiger partial charge < -0.3 is 15.3 Å². The number of carbonyl (C=O) groups is 2. The third-order valence-corrected chi connectivity index (χ3v) is 4.82. The number of nitrogens with one attached hydrogen (secondary N) is 1. The lowest BCUT2D eigenvalue weighted by atomic mass is 9.84. The van der Waals surface area contributed by atoms with Gasteiger partial charge in [0.05, 0.1) is 6.04 Å². The molecular formula is C16H24N4O3. The van der Waals surface area contributed by atoms with Gasteiger partial charge in [0.15, 0.2) is 5.82 Å². The predicted molar refractivity (Wildman–Crippen MR) is 84.8 cm³/mol. The van der Waals surface area contributed by atoms with Crippen LogP contribution in [0.5, 0.6) is 0 Å². The molecule has 1 aliphatic carbocycles. The van der Waals surface area contributed by atoms with E-state index in [1.165, 1.54) is 6.92 Å². The highest BCUT2D eigenvalue weighted by atomic mass is 16.3. The molecule has 2 heterocycles. The van der Waals surface area contributed by atoms with Crippen LogP contribution in [0.25, 0.3) is 0 Å². The minimum absolute atomic E-state index is 0.0913. The number of amides is 2. The van der Waals surface area contributed by atoms with E-state index in [0.29, 0.717) is 31.7 Å². The van der Waals surface area contributed by atoms with Gasteiger partial charge in [-0.1, -0.05) is 19.3 Å². The summed E-state index contributed by atoms with van der Waals surface area (Å²) in [5.74, 6) is 0.236. The minimum atomic E-state index is -1.17. The molecule has 0 radical (unpaired) electrons. The molecule has 2 N–H and O–H groups in total. The van der Waals surface area contributed by atoms with E-state index in [4.69, 9.17) is 0 Å². The fraction of sp³-hybridized carbons (Fsp3) is 0.688. The topological polar surface area (TPSA) is 87.5 Å². The Balaban J connectivity index is 1.62. The van der Waals surface area contributed by atoms with E-state index >= 15 is 0 Å². The molecule has 0 unspecified atom stereocenters. The number of hydrogen-bond acceptors (Lipinski definition) is 4. The lowest BCUT2D eigenvalue weighted by Gasteiger charge is -2.34. The third-order valence-electron chi connectivity index (χ3n) is 4.82. The van der Waals surface area contributed by atoms with Gasteiger partial charge in [-0.15, -0.1) is 0 Å². The highest BCUT2D eigenvalue weighted by Crippen LogP contribution is 2.32. The van der Waals surface area contributed by atoms with Crippen LogP contribution in [0.2, 0.25) is 0 Å². The van der Waals surface area contributed by atoms with Crippen molar-refractivity contribution in [3.05, 3.63) is 12.3 Å². The number of aromatic nitrogens is 2.